The molecule has 0 saturated carbocycles. The predicted octanol–water partition coefficient (Wildman–Crippen LogP) is 2.93. The molecule has 1 aliphatic rings. The summed E-state index contributed by atoms with van der Waals surface area (Å²) in [6, 6.07) is 6.64. The van der Waals surface area contributed by atoms with Crippen LogP contribution in [0, 0.1) is 5.82 Å². The maximum atomic E-state index is 12.8. The maximum Gasteiger partial charge on any atom is 0.276 e. The zero-order valence-electron chi connectivity index (χ0n) is 10.3. The summed E-state index contributed by atoms with van der Waals surface area (Å²) in [4.78, 5) is 0. The minimum atomic E-state index is -0.221. The van der Waals surface area contributed by atoms with E-state index in [0.717, 1.165) is 24.9 Å². The lowest BCUT2D eigenvalue weighted by molar-refractivity contribution is 0.374. The van der Waals surface area contributed by atoms with E-state index in [-0.39, 0.29) is 11.9 Å². The molecule has 1 saturated heterocycles. The highest BCUT2D eigenvalue weighted by Crippen LogP contribution is 2.26. The summed E-state index contributed by atoms with van der Waals surface area (Å²) in [5, 5.41) is 12.0. The molecule has 19 heavy (non-hydrogen) atoms. The van der Waals surface area contributed by atoms with E-state index in [1.807, 2.05) is 0 Å². The van der Waals surface area contributed by atoms with Crippen LogP contribution < -0.4 is 5.32 Å². The van der Waals surface area contributed by atoms with Crippen molar-refractivity contribution in [3.8, 4) is 0 Å². The Hall–Kier alpha value is -1.40. The molecule has 0 amide bonds. The second-order valence-electron chi connectivity index (χ2n) is 4.47. The Kier molecular flexibility index (Phi) is 3.79. The van der Waals surface area contributed by atoms with E-state index in [0.29, 0.717) is 16.9 Å². The summed E-state index contributed by atoms with van der Waals surface area (Å²) >= 11 is 1.47. The summed E-state index contributed by atoms with van der Waals surface area (Å²) in [6.45, 7) is 1.01. The fourth-order valence-electron chi connectivity index (χ4n) is 2.04. The minimum Gasteiger partial charge on any atom is -0.414 e. The quantitative estimate of drug-likeness (QED) is 0.872. The smallest absolute Gasteiger partial charge is 0.276 e. The third-order valence-electron chi connectivity index (χ3n) is 3.06. The van der Waals surface area contributed by atoms with E-state index >= 15 is 0 Å². The number of hydrogen-bond donors (Lipinski definition) is 1. The maximum absolute atomic E-state index is 12.8. The fourth-order valence-corrected chi connectivity index (χ4v) is 2.77. The number of nitrogens with zero attached hydrogens (tertiary/aromatic N) is 2. The molecule has 2 aromatic rings. The van der Waals surface area contributed by atoms with Gasteiger partial charge in [0.25, 0.3) is 5.22 Å². The number of aromatic nitrogens is 2. The van der Waals surface area contributed by atoms with Gasteiger partial charge in [-0.15, -0.1) is 10.2 Å². The van der Waals surface area contributed by atoms with Crippen LogP contribution in [0.3, 0.4) is 0 Å². The number of hydrogen-bond acceptors (Lipinski definition) is 5. The zero-order valence-corrected chi connectivity index (χ0v) is 11.1. The van der Waals surface area contributed by atoms with E-state index in [1.54, 1.807) is 12.1 Å². The van der Waals surface area contributed by atoms with E-state index in [2.05, 4.69) is 15.5 Å². The summed E-state index contributed by atoms with van der Waals surface area (Å²) < 4.78 is 18.4. The van der Waals surface area contributed by atoms with Crippen molar-refractivity contribution in [2.45, 2.75) is 29.9 Å². The van der Waals surface area contributed by atoms with Gasteiger partial charge in [0.1, 0.15) is 5.82 Å². The van der Waals surface area contributed by atoms with Crippen molar-refractivity contribution >= 4 is 11.8 Å². The van der Waals surface area contributed by atoms with Gasteiger partial charge in [0.2, 0.25) is 5.89 Å². The van der Waals surface area contributed by atoms with Crippen LogP contribution in [0.4, 0.5) is 4.39 Å². The monoisotopic (exact) mass is 279 g/mol. The van der Waals surface area contributed by atoms with E-state index < -0.39 is 0 Å². The van der Waals surface area contributed by atoms with Crippen molar-refractivity contribution in [2.75, 3.05) is 6.54 Å². The van der Waals surface area contributed by atoms with Crippen LogP contribution >= 0.6 is 11.8 Å². The number of benzene rings is 1. The highest BCUT2D eigenvalue weighted by atomic mass is 32.2. The Labute approximate surface area is 114 Å². The first-order valence-electron chi connectivity index (χ1n) is 6.25. The highest BCUT2D eigenvalue weighted by Gasteiger charge is 2.22. The van der Waals surface area contributed by atoms with Crippen LogP contribution in [0.5, 0.6) is 0 Å². The fraction of sp³-hybridized carbons (Fsp3) is 0.385. The molecular weight excluding hydrogens is 265 g/mol. The van der Waals surface area contributed by atoms with Crippen molar-refractivity contribution in [1.82, 2.24) is 15.5 Å². The molecule has 6 heteroatoms. The molecule has 0 aliphatic carbocycles. The Morgan fingerprint density at radius 2 is 2.16 bits per heavy atom. The van der Waals surface area contributed by atoms with Crippen molar-refractivity contribution < 1.29 is 8.81 Å². The topological polar surface area (TPSA) is 51.0 Å². The number of halogens is 1. The van der Waals surface area contributed by atoms with Gasteiger partial charge >= 0.3 is 0 Å². The van der Waals surface area contributed by atoms with Gasteiger partial charge in [-0.1, -0.05) is 23.9 Å². The molecule has 1 atom stereocenters. The van der Waals surface area contributed by atoms with Gasteiger partial charge in [-0.3, -0.25) is 0 Å². The van der Waals surface area contributed by atoms with Crippen molar-refractivity contribution in [1.29, 1.82) is 0 Å². The van der Waals surface area contributed by atoms with E-state index in [4.69, 9.17) is 4.42 Å². The second kappa shape index (κ2) is 5.71. The Balaban J connectivity index is 1.59. The van der Waals surface area contributed by atoms with Gasteiger partial charge in [-0.25, -0.2) is 4.39 Å². The van der Waals surface area contributed by atoms with Gasteiger partial charge in [0, 0.05) is 5.75 Å². The van der Waals surface area contributed by atoms with Gasteiger partial charge in [-0.05, 0) is 37.1 Å². The summed E-state index contributed by atoms with van der Waals surface area (Å²) in [7, 11) is 0. The molecule has 4 nitrogen and oxygen atoms in total. The minimum absolute atomic E-state index is 0.202. The third-order valence-corrected chi connectivity index (χ3v) is 3.95. The summed E-state index contributed by atoms with van der Waals surface area (Å²) in [6.07, 6.45) is 2.19. The molecule has 100 valence electrons. The molecule has 1 aromatic carbocycles. The molecule has 2 heterocycles. The molecule has 1 aromatic heterocycles. The van der Waals surface area contributed by atoms with Crippen LogP contribution in [0.2, 0.25) is 0 Å². The number of rotatable bonds is 4. The van der Waals surface area contributed by atoms with Gasteiger partial charge in [0.15, 0.2) is 0 Å². The average Bonchev–Trinajstić information content (AvgIpc) is 3.09. The van der Waals surface area contributed by atoms with Gasteiger partial charge < -0.3 is 9.73 Å². The molecule has 1 N–H and O–H groups in total. The number of nitrogens with one attached hydrogen (secondary N) is 1. The molecule has 3 rings (SSSR count). The third kappa shape index (κ3) is 3.13. The van der Waals surface area contributed by atoms with Crippen LogP contribution in [0.25, 0.3) is 0 Å². The first kappa shape index (κ1) is 12.6. The van der Waals surface area contributed by atoms with Crippen LogP contribution in [-0.2, 0) is 5.75 Å². The normalized spacial score (nSPS) is 18.9. The second-order valence-corrected chi connectivity index (χ2v) is 5.40. The Morgan fingerprint density at radius 3 is 2.89 bits per heavy atom. The van der Waals surface area contributed by atoms with Crippen LogP contribution in [0.1, 0.15) is 30.3 Å². The predicted molar refractivity (Wildman–Crippen MR) is 70.2 cm³/mol. The van der Waals surface area contributed by atoms with Gasteiger partial charge in [0.05, 0.1) is 6.04 Å². The van der Waals surface area contributed by atoms with Crippen molar-refractivity contribution in [3.05, 3.63) is 41.5 Å². The Bertz CT molecular complexity index is 537. The molecule has 0 radical (unpaired) electrons. The molecule has 0 spiro atoms. The molecular formula is C13H14FN3OS. The van der Waals surface area contributed by atoms with Gasteiger partial charge in [-0.2, -0.15) is 0 Å². The summed E-state index contributed by atoms with van der Waals surface area (Å²) in [5.74, 6) is 1.14. The van der Waals surface area contributed by atoms with Crippen molar-refractivity contribution in [3.63, 3.8) is 0 Å². The lowest BCUT2D eigenvalue weighted by Gasteiger charge is -2.02. The van der Waals surface area contributed by atoms with Crippen LogP contribution in [-0.4, -0.2) is 16.7 Å². The highest BCUT2D eigenvalue weighted by molar-refractivity contribution is 7.98. The standard InChI is InChI=1S/C13H14FN3OS/c14-10-5-3-9(4-6-10)8-19-13-17-16-12(18-13)11-2-1-7-15-11/h3-6,11,15H,1-2,7-8H2/t11-/m0/s1. The SMILES string of the molecule is Fc1ccc(CSc2nnc([C@@H]3CCCN3)o2)cc1. The van der Waals surface area contributed by atoms with Crippen molar-refractivity contribution in [2.24, 2.45) is 0 Å². The average molecular weight is 279 g/mol. The lowest BCUT2D eigenvalue weighted by atomic mass is 10.2. The summed E-state index contributed by atoms with van der Waals surface area (Å²) in [5.41, 5.74) is 1.03. The number of thioether (sulfide) groups is 1. The van der Waals surface area contributed by atoms with Crippen LogP contribution in [0.15, 0.2) is 33.9 Å². The lowest BCUT2D eigenvalue weighted by Crippen LogP contribution is -2.12. The zero-order chi connectivity index (χ0) is 13.1. The molecule has 1 fully saturated rings. The largest absolute Gasteiger partial charge is 0.414 e. The molecule has 1 aliphatic heterocycles. The first-order valence-corrected chi connectivity index (χ1v) is 7.24. The Morgan fingerprint density at radius 1 is 1.32 bits per heavy atom. The first-order chi connectivity index (χ1) is 9.31. The van der Waals surface area contributed by atoms with E-state index in [9.17, 15) is 4.39 Å². The van der Waals surface area contributed by atoms with E-state index in [1.165, 1.54) is 23.9 Å². The molecule has 0 bridgehead atoms. The molecule has 0 unspecified atom stereocenters.